The van der Waals surface area contributed by atoms with E-state index in [1.165, 1.54) is 65.9 Å². The molecule has 3 heteroatoms. The SMILES string of the molecule is C1=CCC2C(=C1)c1cccc3c4cc(N(c5ccc(-c6ccccc6)cc5)c5cccc6c5c5ccccc5n6-c5ccccc5)ccc4n2c13. The zero-order chi connectivity index (χ0) is 33.5. The predicted molar refractivity (Wildman–Crippen MR) is 215 cm³/mol. The minimum Gasteiger partial charge on any atom is -0.332 e. The summed E-state index contributed by atoms with van der Waals surface area (Å²) in [6.45, 7) is 0. The van der Waals surface area contributed by atoms with Gasteiger partial charge in [-0.25, -0.2) is 0 Å². The Balaban J connectivity index is 1.18. The summed E-state index contributed by atoms with van der Waals surface area (Å²) in [6.07, 6.45) is 7.85. The number of nitrogens with zero attached hydrogens (tertiary/aromatic N) is 3. The second-order valence-corrected chi connectivity index (χ2v) is 13.7. The Morgan fingerprint density at radius 3 is 2.10 bits per heavy atom. The zero-order valence-corrected chi connectivity index (χ0v) is 27.9. The first-order chi connectivity index (χ1) is 25.3. The minimum absolute atomic E-state index is 0.345. The topological polar surface area (TPSA) is 13.1 Å². The molecule has 9 aromatic rings. The maximum absolute atomic E-state index is 2.59. The Morgan fingerprint density at radius 1 is 0.529 bits per heavy atom. The lowest BCUT2D eigenvalue weighted by Gasteiger charge is -2.27. The third-order valence-electron chi connectivity index (χ3n) is 11.0. The molecule has 0 saturated carbocycles. The lowest BCUT2D eigenvalue weighted by molar-refractivity contribution is 0.684. The van der Waals surface area contributed by atoms with Crippen LogP contribution in [0.5, 0.6) is 0 Å². The Morgan fingerprint density at radius 2 is 1.24 bits per heavy atom. The fourth-order valence-corrected chi connectivity index (χ4v) is 8.82. The summed E-state index contributed by atoms with van der Waals surface area (Å²) in [5.41, 5.74) is 14.8. The highest BCUT2D eigenvalue weighted by molar-refractivity contribution is 6.18. The number of para-hydroxylation sites is 3. The summed E-state index contributed by atoms with van der Waals surface area (Å²) in [5, 5.41) is 5.08. The highest BCUT2D eigenvalue weighted by atomic mass is 15.1. The normalized spacial score (nSPS) is 14.8. The van der Waals surface area contributed by atoms with Crippen molar-refractivity contribution in [1.29, 1.82) is 0 Å². The van der Waals surface area contributed by atoms with Crippen molar-refractivity contribution in [2.24, 2.45) is 0 Å². The van der Waals surface area contributed by atoms with Crippen molar-refractivity contribution in [2.75, 3.05) is 4.90 Å². The van der Waals surface area contributed by atoms with E-state index < -0.39 is 0 Å². The molecule has 240 valence electrons. The quantitative estimate of drug-likeness (QED) is 0.180. The van der Waals surface area contributed by atoms with Gasteiger partial charge in [0.15, 0.2) is 0 Å². The van der Waals surface area contributed by atoms with Crippen LogP contribution in [0.15, 0.2) is 182 Å². The molecule has 0 fully saturated rings. The van der Waals surface area contributed by atoms with Crippen LogP contribution in [0.25, 0.3) is 66.0 Å². The third-order valence-corrected chi connectivity index (χ3v) is 11.0. The van der Waals surface area contributed by atoms with Crippen molar-refractivity contribution in [3.05, 3.63) is 188 Å². The Hall–Kier alpha value is -6.58. The zero-order valence-electron chi connectivity index (χ0n) is 27.9. The highest BCUT2D eigenvalue weighted by Gasteiger charge is 2.32. The molecule has 2 aromatic heterocycles. The van der Waals surface area contributed by atoms with E-state index in [-0.39, 0.29) is 0 Å². The van der Waals surface area contributed by atoms with Crippen LogP contribution in [0.2, 0.25) is 0 Å². The van der Waals surface area contributed by atoms with Gasteiger partial charge in [-0.1, -0.05) is 121 Å². The lowest BCUT2D eigenvalue weighted by Crippen LogP contribution is -2.11. The lowest BCUT2D eigenvalue weighted by atomic mass is 9.94. The highest BCUT2D eigenvalue weighted by Crippen LogP contribution is 2.51. The average molecular weight is 652 g/mol. The molecule has 3 heterocycles. The molecule has 1 aliphatic heterocycles. The molecule has 3 nitrogen and oxygen atoms in total. The number of fused-ring (bicyclic) bond motifs is 9. The largest absolute Gasteiger partial charge is 0.332 e. The van der Waals surface area contributed by atoms with Crippen molar-refractivity contribution in [1.82, 2.24) is 9.13 Å². The molecule has 0 N–H and O–H groups in total. The predicted octanol–water partition coefficient (Wildman–Crippen LogP) is 12.9. The summed E-state index contributed by atoms with van der Waals surface area (Å²) in [5.74, 6) is 0. The molecule has 11 rings (SSSR count). The van der Waals surface area contributed by atoms with Crippen LogP contribution in [0, 0.1) is 0 Å². The van der Waals surface area contributed by atoms with E-state index in [9.17, 15) is 0 Å². The van der Waals surface area contributed by atoms with Crippen LogP contribution in [0.3, 0.4) is 0 Å². The number of aromatic nitrogens is 2. The van der Waals surface area contributed by atoms with E-state index in [1.807, 2.05) is 0 Å². The summed E-state index contributed by atoms with van der Waals surface area (Å²) in [4.78, 5) is 2.46. The number of benzene rings is 7. The van der Waals surface area contributed by atoms with Gasteiger partial charge in [0, 0.05) is 49.7 Å². The summed E-state index contributed by atoms with van der Waals surface area (Å²) in [6, 6.07) is 60.3. The molecule has 0 spiro atoms. The summed E-state index contributed by atoms with van der Waals surface area (Å²) in [7, 11) is 0. The van der Waals surface area contributed by atoms with Gasteiger partial charge in [-0.2, -0.15) is 0 Å². The van der Waals surface area contributed by atoms with Crippen molar-refractivity contribution in [3.63, 3.8) is 0 Å². The van der Waals surface area contributed by atoms with Crippen molar-refractivity contribution in [2.45, 2.75) is 12.5 Å². The molecule has 1 unspecified atom stereocenters. The average Bonchev–Trinajstić information content (AvgIpc) is 3.84. The molecule has 7 aromatic carbocycles. The van der Waals surface area contributed by atoms with Gasteiger partial charge in [-0.05, 0) is 83.8 Å². The Labute approximate surface area is 296 Å². The van der Waals surface area contributed by atoms with Crippen LogP contribution >= 0.6 is 0 Å². The molecule has 51 heavy (non-hydrogen) atoms. The number of anilines is 3. The Kier molecular flexibility index (Phi) is 6.08. The fraction of sp³-hybridized carbons (Fsp3) is 0.0417. The number of allylic oxidation sites excluding steroid dienone is 4. The van der Waals surface area contributed by atoms with Gasteiger partial charge in [-0.3, -0.25) is 0 Å². The first-order valence-electron chi connectivity index (χ1n) is 17.8. The first-order valence-corrected chi connectivity index (χ1v) is 17.8. The summed E-state index contributed by atoms with van der Waals surface area (Å²) >= 11 is 0. The molecule has 2 aliphatic rings. The van der Waals surface area contributed by atoms with Crippen molar-refractivity contribution < 1.29 is 0 Å². The van der Waals surface area contributed by atoms with Crippen LogP contribution in [0.4, 0.5) is 17.1 Å². The van der Waals surface area contributed by atoms with Crippen molar-refractivity contribution >= 4 is 66.2 Å². The second-order valence-electron chi connectivity index (χ2n) is 13.7. The standard InChI is InChI=1S/C48H33N3/c1-3-13-32(14-4-1)33-25-27-35(28-26-33)49(45-23-12-24-46-47(45)40-18-8-10-22-43(40)50(46)34-15-5-2-6-16-34)36-29-30-44-41(31-36)39-20-11-19-38-37-17-7-9-21-42(37)51(44)48(38)39/h1-20,22-31,42H,21H2. The number of rotatable bonds is 5. The minimum atomic E-state index is 0.345. The monoisotopic (exact) mass is 651 g/mol. The van der Waals surface area contributed by atoms with Gasteiger partial charge in [0.1, 0.15) is 0 Å². The van der Waals surface area contributed by atoms with Crippen LogP contribution in [0.1, 0.15) is 18.0 Å². The van der Waals surface area contributed by atoms with Crippen LogP contribution in [-0.4, -0.2) is 9.13 Å². The molecule has 0 bridgehead atoms. The Bertz CT molecular complexity index is 2870. The van der Waals surface area contributed by atoms with Gasteiger partial charge >= 0.3 is 0 Å². The molecule has 0 radical (unpaired) electrons. The van der Waals surface area contributed by atoms with Gasteiger partial charge in [0.25, 0.3) is 0 Å². The molecular weight excluding hydrogens is 619 g/mol. The summed E-state index contributed by atoms with van der Waals surface area (Å²) < 4.78 is 4.99. The maximum Gasteiger partial charge on any atom is 0.0633 e. The maximum atomic E-state index is 2.59. The fourth-order valence-electron chi connectivity index (χ4n) is 8.82. The molecule has 0 amide bonds. The van der Waals surface area contributed by atoms with Crippen LogP contribution in [-0.2, 0) is 0 Å². The second kappa shape index (κ2) is 11.0. The number of hydrogen-bond acceptors (Lipinski definition) is 1. The molecule has 1 atom stereocenters. The molecule has 1 aliphatic carbocycles. The van der Waals surface area contributed by atoms with Gasteiger partial charge in [0.05, 0.1) is 28.3 Å². The van der Waals surface area contributed by atoms with Crippen molar-refractivity contribution in [3.8, 4) is 16.8 Å². The van der Waals surface area contributed by atoms with Gasteiger partial charge in [-0.15, -0.1) is 0 Å². The third kappa shape index (κ3) is 4.12. The molecule has 0 saturated heterocycles. The van der Waals surface area contributed by atoms with E-state index in [4.69, 9.17) is 0 Å². The van der Waals surface area contributed by atoms with E-state index in [0.717, 1.165) is 29.2 Å². The van der Waals surface area contributed by atoms with Gasteiger partial charge < -0.3 is 14.0 Å². The smallest absolute Gasteiger partial charge is 0.0633 e. The van der Waals surface area contributed by atoms with E-state index >= 15 is 0 Å². The van der Waals surface area contributed by atoms with Crippen LogP contribution < -0.4 is 4.90 Å². The van der Waals surface area contributed by atoms with Gasteiger partial charge in [0.2, 0.25) is 0 Å². The number of hydrogen-bond donors (Lipinski definition) is 0. The van der Waals surface area contributed by atoms with E-state index in [2.05, 4.69) is 196 Å². The van der Waals surface area contributed by atoms with E-state index in [1.54, 1.807) is 0 Å². The molecular formula is C48H33N3. The van der Waals surface area contributed by atoms with E-state index in [0.29, 0.717) is 6.04 Å². The first kappa shape index (κ1) is 28.3.